The van der Waals surface area contributed by atoms with Crippen molar-refractivity contribution in [3.63, 3.8) is 0 Å². The molecule has 0 saturated heterocycles. The van der Waals surface area contributed by atoms with Crippen LogP contribution >= 0.6 is 11.8 Å². The predicted octanol–water partition coefficient (Wildman–Crippen LogP) is 3.74. The quantitative estimate of drug-likeness (QED) is 0.805. The predicted molar refractivity (Wildman–Crippen MR) is 122 cm³/mol. The first-order valence-corrected chi connectivity index (χ1v) is 12.2. The van der Waals surface area contributed by atoms with Gasteiger partial charge in [-0.1, -0.05) is 35.5 Å². The van der Waals surface area contributed by atoms with Crippen molar-refractivity contribution in [3.8, 4) is 0 Å². The Morgan fingerprint density at radius 3 is 2.72 bits per heavy atom. The lowest BCUT2D eigenvalue weighted by Gasteiger charge is -2.19. The van der Waals surface area contributed by atoms with Gasteiger partial charge < -0.3 is 0 Å². The summed E-state index contributed by atoms with van der Waals surface area (Å²) in [5.74, 6) is 0.830. The molecule has 0 bridgehead atoms. The number of aryl methyl sites for hydroxylation is 2. The number of anilines is 1. The number of benzene rings is 2. The SMILES string of the molecule is CCS(=O)(=O)N1CCc2cc(C3=NNC(=Nc4ccc(C)cc4C)SC3)ccc21. The molecule has 8 heteroatoms. The molecule has 0 aliphatic carbocycles. The summed E-state index contributed by atoms with van der Waals surface area (Å²) in [5.41, 5.74) is 10.2. The highest BCUT2D eigenvalue weighted by atomic mass is 32.2. The van der Waals surface area contributed by atoms with Crippen LogP contribution in [-0.2, 0) is 16.4 Å². The van der Waals surface area contributed by atoms with E-state index in [-0.39, 0.29) is 5.75 Å². The molecule has 0 amide bonds. The topological polar surface area (TPSA) is 74.1 Å². The molecule has 0 fully saturated rings. The van der Waals surface area contributed by atoms with E-state index in [9.17, 15) is 8.42 Å². The van der Waals surface area contributed by atoms with E-state index in [1.54, 1.807) is 18.7 Å². The molecule has 0 saturated carbocycles. The van der Waals surface area contributed by atoms with Gasteiger partial charge in [-0.05, 0) is 62.1 Å². The number of sulfonamides is 1. The minimum absolute atomic E-state index is 0.115. The van der Waals surface area contributed by atoms with Crippen molar-refractivity contribution in [2.24, 2.45) is 10.1 Å². The van der Waals surface area contributed by atoms with E-state index < -0.39 is 10.0 Å². The van der Waals surface area contributed by atoms with Crippen molar-refractivity contribution >= 4 is 44.0 Å². The van der Waals surface area contributed by atoms with Crippen molar-refractivity contribution in [3.05, 3.63) is 58.7 Å². The van der Waals surface area contributed by atoms with E-state index in [1.807, 2.05) is 18.2 Å². The standard InChI is InChI=1S/C21H24N4O2S2/c1-4-29(26,27)25-10-9-17-12-16(6-8-20(17)25)19-13-28-21(24-23-19)22-18-7-5-14(2)11-15(18)3/h5-8,11-12H,4,9-10,13H2,1-3H3,(H,22,24). The van der Waals surface area contributed by atoms with Gasteiger partial charge in [0, 0.05) is 12.3 Å². The first kappa shape index (κ1) is 20.0. The Hall–Kier alpha value is -2.32. The third kappa shape index (κ3) is 4.04. The minimum atomic E-state index is -3.22. The van der Waals surface area contributed by atoms with Gasteiger partial charge in [-0.25, -0.2) is 13.4 Å². The van der Waals surface area contributed by atoms with Gasteiger partial charge in [0.15, 0.2) is 5.17 Å². The van der Waals surface area contributed by atoms with Gasteiger partial charge >= 0.3 is 0 Å². The maximum atomic E-state index is 12.3. The zero-order valence-electron chi connectivity index (χ0n) is 16.8. The molecular weight excluding hydrogens is 404 g/mol. The molecule has 0 atom stereocenters. The van der Waals surface area contributed by atoms with E-state index >= 15 is 0 Å². The number of hydrogen-bond acceptors (Lipinski definition) is 5. The van der Waals surface area contributed by atoms with Crippen molar-refractivity contribution < 1.29 is 8.42 Å². The first-order chi connectivity index (χ1) is 13.9. The maximum absolute atomic E-state index is 12.3. The third-order valence-electron chi connectivity index (χ3n) is 5.17. The van der Waals surface area contributed by atoms with Crippen LogP contribution < -0.4 is 9.73 Å². The summed E-state index contributed by atoms with van der Waals surface area (Å²) in [6.07, 6.45) is 0.732. The summed E-state index contributed by atoms with van der Waals surface area (Å²) in [4.78, 5) is 4.68. The fourth-order valence-electron chi connectivity index (χ4n) is 3.56. The van der Waals surface area contributed by atoms with Gasteiger partial charge in [-0.3, -0.25) is 9.73 Å². The summed E-state index contributed by atoms with van der Waals surface area (Å²) >= 11 is 1.62. The van der Waals surface area contributed by atoms with Crippen LogP contribution in [0.2, 0.25) is 0 Å². The molecule has 152 valence electrons. The largest absolute Gasteiger partial charge is 0.270 e. The number of amidine groups is 1. The summed E-state index contributed by atoms with van der Waals surface area (Å²) < 4.78 is 26.0. The zero-order chi connectivity index (χ0) is 20.6. The highest BCUT2D eigenvalue weighted by Gasteiger charge is 2.28. The minimum Gasteiger partial charge on any atom is -0.270 e. The number of hydrazone groups is 1. The van der Waals surface area contributed by atoms with Crippen LogP contribution in [0.4, 0.5) is 11.4 Å². The lowest BCUT2D eigenvalue weighted by Crippen LogP contribution is -2.30. The van der Waals surface area contributed by atoms with Crippen molar-refractivity contribution in [2.75, 3.05) is 22.4 Å². The maximum Gasteiger partial charge on any atom is 0.234 e. The molecular formula is C21H24N4O2S2. The molecule has 0 unspecified atom stereocenters. The molecule has 2 aliphatic heterocycles. The van der Waals surface area contributed by atoms with Crippen LogP contribution in [0.15, 0.2) is 46.5 Å². The molecule has 2 aliphatic rings. The summed E-state index contributed by atoms with van der Waals surface area (Å²) in [6, 6.07) is 12.1. The van der Waals surface area contributed by atoms with Gasteiger partial charge in [0.25, 0.3) is 0 Å². The van der Waals surface area contributed by atoms with E-state index in [4.69, 9.17) is 0 Å². The average Bonchev–Trinajstić information content (AvgIpc) is 3.15. The van der Waals surface area contributed by atoms with Crippen LogP contribution in [0.1, 0.15) is 29.2 Å². The Labute approximate surface area is 176 Å². The lowest BCUT2D eigenvalue weighted by molar-refractivity contribution is 0.593. The first-order valence-electron chi connectivity index (χ1n) is 9.62. The number of nitrogens with zero attached hydrogens (tertiary/aromatic N) is 3. The van der Waals surface area contributed by atoms with Crippen LogP contribution in [0.25, 0.3) is 0 Å². The number of hydrogen-bond donors (Lipinski definition) is 1. The molecule has 6 nitrogen and oxygen atoms in total. The van der Waals surface area contributed by atoms with Gasteiger partial charge in [0.1, 0.15) is 0 Å². The van der Waals surface area contributed by atoms with Crippen molar-refractivity contribution in [2.45, 2.75) is 27.2 Å². The number of aliphatic imine (C=N–C) groups is 1. The smallest absolute Gasteiger partial charge is 0.234 e. The Morgan fingerprint density at radius 2 is 2.03 bits per heavy atom. The van der Waals surface area contributed by atoms with Gasteiger partial charge in [0.2, 0.25) is 10.0 Å². The van der Waals surface area contributed by atoms with Gasteiger partial charge in [-0.15, -0.1) is 0 Å². The number of fused-ring (bicyclic) bond motifs is 1. The number of rotatable bonds is 4. The van der Waals surface area contributed by atoms with E-state index in [0.717, 1.165) is 45.4 Å². The highest BCUT2D eigenvalue weighted by molar-refractivity contribution is 8.14. The summed E-state index contributed by atoms with van der Waals surface area (Å²) in [6.45, 7) is 6.32. The van der Waals surface area contributed by atoms with Crippen molar-refractivity contribution in [1.29, 1.82) is 0 Å². The fourth-order valence-corrected chi connectivity index (χ4v) is 5.49. The normalized spacial score (nSPS) is 17.8. The van der Waals surface area contributed by atoms with E-state index in [0.29, 0.717) is 12.3 Å². The molecule has 0 radical (unpaired) electrons. The number of thioether (sulfide) groups is 1. The third-order valence-corrected chi connectivity index (χ3v) is 7.83. The molecule has 0 aromatic heterocycles. The molecule has 2 aromatic carbocycles. The Morgan fingerprint density at radius 1 is 1.21 bits per heavy atom. The zero-order valence-corrected chi connectivity index (χ0v) is 18.4. The highest BCUT2D eigenvalue weighted by Crippen LogP contribution is 2.32. The summed E-state index contributed by atoms with van der Waals surface area (Å²) in [5, 5.41) is 5.30. The molecule has 0 spiro atoms. The van der Waals surface area contributed by atoms with E-state index in [1.165, 1.54) is 9.87 Å². The second kappa shape index (κ2) is 7.84. The van der Waals surface area contributed by atoms with Gasteiger partial charge in [0.05, 0.1) is 22.8 Å². The van der Waals surface area contributed by atoms with Crippen LogP contribution in [0.3, 0.4) is 0 Å². The second-order valence-corrected chi connectivity index (χ2v) is 10.4. The van der Waals surface area contributed by atoms with Gasteiger partial charge in [-0.2, -0.15) is 5.10 Å². The number of nitrogens with one attached hydrogen (secondary N) is 1. The van der Waals surface area contributed by atoms with Crippen molar-refractivity contribution in [1.82, 2.24) is 5.43 Å². The molecule has 2 aromatic rings. The molecule has 1 N–H and O–H groups in total. The Balaban J connectivity index is 1.53. The second-order valence-electron chi connectivity index (χ2n) is 7.23. The van der Waals surface area contributed by atoms with Crippen LogP contribution in [0, 0.1) is 13.8 Å². The van der Waals surface area contributed by atoms with E-state index in [2.05, 4.69) is 47.6 Å². The molecule has 29 heavy (non-hydrogen) atoms. The Kier molecular flexibility index (Phi) is 5.40. The summed E-state index contributed by atoms with van der Waals surface area (Å²) in [7, 11) is -3.22. The monoisotopic (exact) mass is 428 g/mol. The lowest BCUT2D eigenvalue weighted by atomic mass is 10.1. The Bertz CT molecular complexity index is 1120. The van der Waals surface area contributed by atoms with Crippen LogP contribution in [0.5, 0.6) is 0 Å². The molecule has 4 rings (SSSR count). The fraction of sp³-hybridized carbons (Fsp3) is 0.333. The molecule has 2 heterocycles. The van der Waals surface area contributed by atoms with Crippen LogP contribution in [-0.4, -0.2) is 37.3 Å². The average molecular weight is 429 g/mol.